The monoisotopic (exact) mass is 338 g/mol. The number of hydrogen-bond donors (Lipinski definition) is 1. The third-order valence-electron chi connectivity index (χ3n) is 3.18. The maximum absolute atomic E-state index is 13.1. The molecular weight excluding hydrogens is 323 g/mol. The van der Waals surface area contributed by atoms with Crippen LogP contribution in [-0.4, -0.2) is 23.3 Å². The van der Waals surface area contributed by atoms with Crippen LogP contribution in [0.1, 0.15) is 19.1 Å². The van der Waals surface area contributed by atoms with Crippen molar-refractivity contribution in [1.29, 1.82) is 0 Å². The number of halogens is 2. The van der Waals surface area contributed by atoms with Crippen LogP contribution in [0.3, 0.4) is 0 Å². The van der Waals surface area contributed by atoms with E-state index in [0.29, 0.717) is 18.0 Å². The molecule has 0 aliphatic rings. The third-order valence-corrected chi connectivity index (χ3v) is 3.47. The Morgan fingerprint density at radius 1 is 1.35 bits per heavy atom. The summed E-state index contributed by atoms with van der Waals surface area (Å²) in [6.45, 7) is 1.98. The van der Waals surface area contributed by atoms with Crippen LogP contribution in [0.2, 0.25) is 5.02 Å². The van der Waals surface area contributed by atoms with E-state index in [2.05, 4.69) is 5.32 Å². The fourth-order valence-electron chi connectivity index (χ4n) is 1.97. The van der Waals surface area contributed by atoms with E-state index in [-0.39, 0.29) is 29.8 Å². The molecule has 0 saturated heterocycles. The summed E-state index contributed by atoms with van der Waals surface area (Å²) in [5, 5.41) is 2.55. The standard InChI is InChI=1S/C16H16ClFN2O3/c1-11(21)20(10-13-3-2-8-23-13)7-6-16(22)19-12-4-5-15(18)14(17)9-12/h2-5,8-9H,6-7,10H2,1H3,(H,19,22). The van der Waals surface area contributed by atoms with Gasteiger partial charge in [0, 0.05) is 25.6 Å². The lowest BCUT2D eigenvalue weighted by atomic mass is 10.3. The summed E-state index contributed by atoms with van der Waals surface area (Å²) in [6, 6.07) is 7.43. The summed E-state index contributed by atoms with van der Waals surface area (Å²) in [4.78, 5) is 25.1. The van der Waals surface area contributed by atoms with Crippen molar-refractivity contribution in [2.24, 2.45) is 0 Å². The molecule has 0 radical (unpaired) electrons. The molecular formula is C16H16ClFN2O3. The van der Waals surface area contributed by atoms with Crippen LogP contribution in [0, 0.1) is 5.82 Å². The molecule has 1 aromatic heterocycles. The summed E-state index contributed by atoms with van der Waals surface area (Å²) in [7, 11) is 0. The SMILES string of the molecule is CC(=O)N(CCC(=O)Nc1ccc(F)c(Cl)c1)Cc1ccco1. The highest BCUT2D eigenvalue weighted by atomic mass is 35.5. The van der Waals surface area contributed by atoms with Gasteiger partial charge in [0.15, 0.2) is 0 Å². The van der Waals surface area contributed by atoms with Gasteiger partial charge in [0.05, 0.1) is 17.8 Å². The van der Waals surface area contributed by atoms with Gasteiger partial charge >= 0.3 is 0 Å². The highest BCUT2D eigenvalue weighted by molar-refractivity contribution is 6.31. The van der Waals surface area contributed by atoms with Gasteiger partial charge in [0.2, 0.25) is 11.8 Å². The van der Waals surface area contributed by atoms with Crippen LogP contribution < -0.4 is 5.32 Å². The Morgan fingerprint density at radius 2 is 2.13 bits per heavy atom. The molecule has 2 rings (SSSR count). The Labute approximate surface area is 138 Å². The molecule has 0 saturated carbocycles. The van der Waals surface area contributed by atoms with Crippen LogP contribution in [0.25, 0.3) is 0 Å². The molecule has 23 heavy (non-hydrogen) atoms. The zero-order valence-corrected chi connectivity index (χ0v) is 13.3. The molecule has 1 heterocycles. The summed E-state index contributed by atoms with van der Waals surface area (Å²) in [5.74, 6) is -0.353. The number of carbonyl (C=O) groups excluding carboxylic acids is 2. The molecule has 0 fully saturated rings. The van der Waals surface area contributed by atoms with Crippen LogP contribution in [-0.2, 0) is 16.1 Å². The minimum absolute atomic E-state index is 0.0639. The molecule has 5 nitrogen and oxygen atoms in total. The zero-order valence-electron chi connectivity index (χ0n) is 12.5. The normalized spacial score (nSPS) is 10.4. The van der Waals surface area contributed by atoms with Crippen LogP contribution in [0.5, 0.6) is 0 Å². The van der Waals surface area contributed by atoms with Gasteiger partial charge in [0.1, 0.15) is 11.6 Å². The van der Waals surface area contributed by atoms with Crippen molar-refractivity contribution < 1.29 is 18.4 Å². The smallest absolute Gasteiger partial charge is 0.226 e. The molecule has 0 aliphatic heterocycles. The summed E-state index contributed by atoms with van der Waals surface area (Å²) >= 11 is 5.66. The van der Waals surface area contributed by atoms with Gasteiger partial charge in [-0.05, 0) is 30.3 Å². The van der Waals surface area contributed by atoms with Crippen LogP contribution in [0.4, 0.5) is 10.1 Å². The Balaban J connectivity index is 1.88. The molecule has 2 aromatic rings. The predicted octanol–water partition coefficient (Wildman–Crippen LogP) is 3.45. The minimum atomic E-state index is -0.550. The average Bonchev–Trinajstić information content (AvgIpc) is 3.00. The summed E-state index contributed by atoms with van der Waals surface area (Å²) in [6.07, 6.45) is 1.63. The van der Waals surface area contributed by atoms with Crippen molar-refractivity contribution in [2.75, 3.05) is 11.9 Å². The van der Waals surface area contributed by atoms with Crippen LogP contribution >= 0.6 is 11.6 Å². The first-order valence-corrected chi connectivity index (χ1v) is 7.36. The first-order chi connectivity index (χ1) is 11.0. The van der Waals surface area contributed by atoms with Gasteiger partial charge in [-0.3, -0.25) is 9.59 Å². The number of nitrogens with one attached hydrogen (secondary N) is 1. The summed E-state index contributed by atoms with van der Waals surface area (Å²) in [5.41, 5.74) is 0.404. The van der Waals surface area contributed by atoms with E-state index >= 15 is 0 Å². The molecule has 122 valence electrons. The topological polar surface area (TPSA) is 62.6 Å². The largest absolute Gasteiger partial charge is 0.467 e. The van der Waals surface area contributed by atoms with Gasteiger partial charge in [-0.15, -0.1) is 0 Å². The number of rotatable bonds is 6. The number of furan rings is 1. The molecule has 1 aromatic carbocycles. The molecule has 1 N–H and O–H groups in total. The van der Waals surface area contributed by atoms with Crippen molar-refractivity contribution >= 4 is 29.1 Å². The van der Waals surface area contributed by atoms with E-state index in [1.807, 2.05) is 0 Å². The van der Waals surface area contributed by atoms with Crippen molar-refractivity contribution in [3.63, 3.8) is 0 Å². The van der Waals surface area contributed by atoms with E-state index < -0.39 is 5.82 Å². The second kappa shape index (κ2) is 7.78. The van der Waals surface area contributed by atoms with E-state index in [1.54, 1.807) is 12.1 Å². The number of anilines is 1. The first kappa shape index (κ1) is 17.0. The van der Waals surface area contributed by atoms with Gasteiger partial charge in [0.25, 0.3) is 0 Å². The molecule has 2 amide bonds. The predicted molar refractivity (Wildman–Crippen MR) is 84.5 cm³/mol. The first-order valence-electron chi connectivity index (χ1n) is 6.98. The lowest BCUT2D eigenvalue weighted by Gasteiger charge is -2.19. The molecule has 0 spiro atoms. The Kier molecular flexibility index (Phi) is 5.76. The van der Waals surface area contributed by atoms with Gasteiger partial charge in [-0.1, -0.05) is 11.6 Å². The highest BCUT2D eigenvalue weighted by Crippen LogP contribution is 2.19. The number of hydrogen-bond acceptors (Lipinski definition) is 3. The molecule has 0 aliphatic carbocycles. The molecule has 0 unspecified atom stereocenters. The highest BCUT2D eigenvalue weighted by Gasteiger charge is 2.13. The van der Waals surface area contributed by atoms with E-state index in [1.165, 1.54) is 36.3 Å². The van der Waals surface area contributed by atoms with E-state index in [0.717, 1.165) is 0 Å². The maximum atomic E-state index is 13.1. The lowest BCUT2D eigenvalue weighted by Crippen LogP contribution is -2.31. The van der Waals surface area contributed by atoms with Crippen molar-refractivity contribution in [2.45, 2.75) is 19.9 Å². The Bertz CT molecular complexity index is 689. The fourth-order valence-corrected chi connectivity index (χ4v) is 2.15. The number of carbonyl (C=O) groups is 2. The third kappa shape index (κ3) is 5.10. The van der Waals surface area contributed by atoms with Crippen molar-refractivity contribution in [3.8, 4) is 0 Å². The zero-order chi connectivity index (χ0) is 16.8. The average molecular weight is 339 g/mol. The fraction of sp³-hybridized carbons (Fsp3) is 0.250. The van der Waals surface area contributed by atoms with Gasteiger partial charge in [-0.25, -0.2) is 4.39 Å². The van der Waals surface area contributed by atoms with E-state index in [4.69, 9.17) is 16.0 Å². The number of nitrogens with zero attached hydrogens (tertiary/aromatic N) is 1. The Morgan fingerprint density at radius 3 is 2.74 bits per heavy atom. The molecule has 7 heteroatoms. The second-order valence-electron chi connectivity index (χ2n) is 4.95. The number of benzene rings is 1. The molecule has 0 atom stereocenters. The van der Waals surface area contributed by atoms with Crippen molar-refractivity contribution in [1.82, 2.24) is 4.90 Å². The van der Waals surface area contributed by atoms with Gasteiger partial charge in [-0.2, -0.15) is 0 Å². The molecule has 0 bridgehead atoms. The minimum Gasteiger partial charge on any atom is -0.467 e. The second-order valence-corrected chi connectivity index (χ2v) is 5.35. The van der Waals surface area contributed by atoms with Crippen molar-refractivity contribution in [3.05, 3.63) is 53.2 Å². The van der Waals surface area contributed by atoms with E-state index in [9.17, 15) is 14.0 Å². The number of amides is 2. The van der Waals surface area contributed by atoms with Gasteiger partial charge < -0.3 is 14.6 Å². The van der Waals surface area contributed by atoms with Crippen LogP contribution in [0.15, 0.2) is 41.0 Å². The Hall–Kier alpha value is -2.34. The maximum Gasteiger partial charge on any atom is 0.226 e. The quantitative estimate of drug-likeness (QED) is 0.877. The summed E-state index contributed by atoms with van der Waals surface area (Å²) < 4.78 is 18.3. The lowest BCUT2D eigenvalue weighted by molar-refractivity contribution is -0.130.